The second kappa shape index (κ2) is 6.60. The molecule has 1 aromatic rings. The molecule has 0 aliphatic carbocycles. The minimum atomic E-state index is -0.272. The summed E-state index contributed by atoms with van der Waals surface area (Å²) in [6.45, 7) is 6.79. The lowest BCUT2D eigenvalue weighted by atomic mass is 10.1. The van der Waals surface area contributed by atoms with Crippen LogP contribution in [0.1, 0.15) is 45.2 Å². The Morgan fingerprint density at radius 3 is 2.65 bits per heavy atom. The highest BCUT2D eigenvalue weighted by atomic mass is 19.1. The quantitative estimate of drug-likeness (QED) is 0.822. The van der Waals surface area contributed by atoms with Crippen LogP contribution < -0.4 is 10.5 Å². The van der Waals surface area contributed by atoms with Gasteiger partial charge in [-0.05, 0) is 37.5 Å². The van der Waals surface area contributed by atoms with Crippen LogP contribution in [0.5, 0.6) is 5.75 Å². The van der Waals surface area contributed by atoms with Gasteiger partial charge in [0.05, 0.1) is 6.61 Å². The van der Waals surface area contributed by atoms with Crippen LogP contribution in [0.25, 0.3) is 0 Å². The molecule has 0 amide bonds. The largest absolute Gasteiger partial charge is 0.493 e. The number of rotatable bonds is 6. The molecule has 1 aromatic carbocycles. The molecule has 0 saturated heterocycles. The van der Waals surface area contributed by atoms with Crippen LogP contribution in [0.4, 0.5) is 4.39 Å². The van der Waals surface area contributed by atoms with Crippen LogP contribution in [0, 0.1) is 11.7 Å². The van der Waals surface area contributed by atoms with Crippen LogP contribution in [-0.4, -0.2) is 6.61 Å². The first-order valence-electron chi connectivity index (χ1n) is 6.22. The summed E-state index contributed by atoms with van der Waals surface area (Å²) in [5.41, 5.74) is 6.53. The minimum absolute atomic E-state index is 0.220. The minimum Gasteiger partial charge on any atom is -0.493 e. The van der Waals surface area contributed by atoms with Crippen molar-refractivity contribution >= 4 is 0 Å². The number of ether oxygens (including phenoxy) is 1. The number of nitrogens with two attached hydrogens (primary N) is 1. The normalized spacial score (nSPS) is 14.4. The summed E-state index contributed by atoms with van der Waals surface area (Å²) in [7, 11) is 0. The van der Waals surface area contributed by atoms with Crippen molar-refractivity contribution in [3.63, 3.8) is 0 Å². The van der Waals surface area contributed by atoms with E-state index in [0.29, 0.717) is 18.3 Å². The van der Waals surface area contributed by atoms with Crippen LogP contribution in [-0.2, 0) is 0 Å². The van der Waals surface area contributed by atoms with Gasteiger partial charge in [0.15, 0.2) is 0 Å². The standard InChI is InChI=1S/C14H22FNO/c1-4-5-10(2)9-17-14-7-6-12(15)8-13(14)11(3)16/h6-8,10-11H,4-5,9,16H2,1-3H3/t10?,11-/m1/s1. The molecule has 1 rings (SSSR count). The third kappa shape index (κ3) is 4.35. The Bertz CT molecular complexity index is 352. The summed E-state index contributed by atoms with van der Waals surface area (Å²) < 4.78 is 18.8. The summed E-state index contributed by atoms with van der Waals surface area (Å²) in [5.74, 6) is 0.932. The highest BCUT2D eigenvalue weighted by Crippen LogP contribution is 2.25. The smallest absolute Gasteiger partial charge is 0.124 e. The van der Waals surface area contributed by atoms with Crippen molar-refractivity contribution < 1.29 is 9.13 Å². The molecule has 1 unspecified atom stereocenters. The Balaban J connectivity index is 2.70. The average Bonchev–Trinajstić information content (AvgIpc) is 2.27. The van der Waals surface area contributed by atoms with Crippen LogP contribution >= 0.6 is 0 Å². The molecule has 0 saturated carbocycles. The third-order valence-corrected chi connectivity index (χ3v) is 2.77. The molecule has 2 atom stereocenters. The van der Waals surface area contributed by atoms with E-state index in [1.54, 1.807) is 6.07 Å². The zero-order valence-corrected chi connectivity index (χ0v) is 10.9. The molecule has 0 radical (unpaired) electrons. The van der Waals surface area contributed by atoms with E-state index in [2.05, 4.69) is 13.8 Å². The predicted molar refractivity (Wildman–Crippen MR) is 68.6 cm³/mol. The predicted octanol–water partition coefficient (Wildman–Crippen LogP) is 3.66. The summed E-state index contributed by atoms with van der Waals surface area (Å²) in [6.07, 6.45) is 2.28. The summed E-state index contributed by atoms with van der Waals surface area (Å²) in [6, 6.07) is 4.30. The van der Waals surface area contributed by atoms with Gasteiger partial charge in [0.2, 0.25) is 0 Å². The van der Waals surface area contributed by atoms with Crippen molar-refractivity contribution in [3.05, 3.63) is 29.6 Å². The molecule has 3 heteroatoms. The van der Waals surface area contributed by atoms with E-state index in [-0.39, 0.29) is 11.9 Å². The lowest BCUT2D eigenvalue weighted by molar-refractivity contribution is 0.248. The van der Waals surface area contributed by atoms with Gasteiger partial charge in [-0.3, -0.25) is 0 Å². The van der Waals surface area contributed by atoms with E-state index in [4.69, 9.17) is 10.5 Å². The van der Waals surface area contributed by atoms with Gasteiger partial charge in [0, 0.05) is 11.6 Å². The first-order chi connectivity index (χ1) is 8.04. The van der Waals surface area contributed by atoms with Crippen molar-refractivity contribution in [2.45, 2.75) is 39.7 Å². The van der Waals surface area contributed by atoms with E-state index in [1.807, 2.05) is 6.92 Å². The lowest BCUT2D eigenvalue weighted by Crippen LogP contribution is -2.12. The number of hydrogen-bond donors (Lipinski definition) is 1. The molecule has 0 aliphatic heterocycles. The molecule has 0 spiro atoms. The Hall–Kier alpha value is -1.09. The third-order valence-electron chi connectivity index (χ3n) is 2.77. The van der Waals surface area contributed by atoms with E-state index < -0.39 is 0 Å². The fourth-order valence-corrected chi connectivity index (χ4v) is 1.81. The molecule has 17 heavy (non-hydrogen) atoms. The van der Waals surface area contributed by atoms with Gasteiger partial charge in [-0.1, -0.05) is 20.3 Å². The van der Waals surface area contributed by atoms with Gasteiger partial charge >= 0.3 is 0 Å². The first kappa shape index (κ1) is 14.0. The fourth-order valence-electron chi connectivity index (χ4n) is 1.81. The molecule has 0 fully saturated rings. The van der Waals surface area contributed by atoms with E-state index in [1.165, 1.54) is 12.1 Å². The van der Waals surface area contributed by atoms with Gasteiger partial charge in [-0.15, -0.1) is 0 Å². The maximum absolute atomic E-state index is 13.1. The Kier molecular flexibility index (Phi) is 5.42. The van der Waals surface area contributed by atoms with Crippen molar-refractivity contribution in [1.29, 1.82) is 0 Å². The lowest BCUT2D eigenvalue weighted by Gasteiger charge is -2.16. The SMILES string of the molecule is CCCC(C)COc1ccc(F)cc1[C@@H](C)N. The fraction of sp³-hybridized carbons (Fsp3) is 0.571. The highest BCUT2D eigenvalue weighted by Gasteiger charge is 2.10. The Labute approximate surface area is 103 Å². The van der Waals surface area contributed by atoms with Gasteiger partial charge < -0.3 is 10.5 Å². The highest BCUT2D eigenvalue weighted by molar-refractivity contribution is 5.36. The topological polar surface area (TPSA) is 35.2 Å². The second-order valence-corrected chi connectivity index (χ2v) is 4.68. The van der Waals surface area contributed by atoms with E-state index in [0.717, 1.165) is 18.4 Å². The average molecular weight is 239 g/mol. The molecule has 0 bridgehead atoms. The van der Waals surface area contributed by atoms with Gasteiger partial charge in [-0.25, -0.2) is 4.39 Å². The summed E-state index contributed by atoms with van der Waals surface area (Å²) >= 11 is 0. The van der Waals surface area contributed by atoms with Crippen molar-refractivity contribution in [3.8, 4) is 5.75 Å². The van der Waals surface area contributed by atoms with Crippen LogP contribution in [0.2, 0.25) is 0 Å². The monoisotopic (exact) mass is 239 g/mol. The van der Waals surface area contributed by atoms with Gasteiger partial charge in [0.25, 0.3) is 0 Å². The molecule has 2 N–H and O–H groups in total. The molecule has 96 valence electrons. The number of benzene rings is 1. The van der Waals surface area contributed by atoms with E-state index >= 15 is 0 Å². The first-order valence-corrected chi connectivity index (χ1v) is 6.22. The van der Waals surface area contributed by atoms with Gasteiger partial charge in [0.1, 0.15) is 11.6 Å². The molecule has 0 aliphatic rings. The molecule has 0 heterocycles. The maximum atomic E-state index is 13.1. The molecule has 2 nitrogen and oxygen atoms in total. The van der Waals surface area contributed by atoms with E-state index in [9.17, 15) is 4.39 Å². The van der Waals surface area contributed by atoms with Crippen molar-refractivity contribution in [1.82, 2.24) is 0 Å². The van der Waals surface area contributed by atoms with Crippen LogP contribution in [0.15, 0.2) is 18.2 Å². The zero-order valence-electron chi connectivity index (χ0n) is 10.9. The number of hydrogen-bond acceptors (Lipinski definition) is 2. The zero-order chi connectivity index (χ0) is 12.8. The van der Waals surface area contributed by atoms with Crippen molar-refractivity contribution in [2.75, 3.05) is 6.61 Å². The Morgan fingerprint density at radius 2 is 2.06 bits per heavy atom. The second-order valence-electron chi connectivity index (χ2n) is 4.68. The van der Waals surface area contributed by atoms with Gasteiger partial charge in [-0.2, -0.15) is 0 Å². The maximum Gasteiger partial charge on any atom is 0.124 e. The van der Waals surface area contributed by atoms with Crippen molar-refractivity contribution in [2.24, 2.45) is 11.7 Å². The number of halogens is 1. The Morgan fingerprint density at radius 1 is 1.35 bits per heavy atom. The summed E-state index contributed by atoms with van der Waals surface area (Å²) in [4.78, 5) is 0. The molecular formula is C14H22FNO. The van der Waals surface area contributed by atoms with Crippen LogP contribution in [0.3, 0.4) is 0 Å². The summed E-state index contributed by atoms with van der Waals surface area (Å²) in [5, 5.41) is 0. The molecular weight excluding hydrogens is 217 g/mol. The molecule has 0 aromatic heterocycles.